The normalized spacial score (nSPS) is 12.4. The van der Waals surface area contributed by atoms with Gasteiger partial charge in [-0.15, -0.1) is 0 Å². The number of rotatable bonds is 9. The van der Waals surface area contributed by atoms with Gasteiger partial charge >= 0.3 is 5.97 Å². The Bertz CT molecular complexity index is 1130. The van der Waals surface area contributed by atoms with Gasteiger partial charge < -0.3 is 25.0 Å². The van der Waals surface area contributed by atoms with E-state index in [2.05, 4.69) is 15.6 Å². The summed E-state index contributed by atoms with van der Waals surface area (Å²) >= 11 is 0. The van der Waals surface area contributed by atoms with Crippen molar-refractivity contribution in [3.63, 3.8) is 0 Å². The van der Waals surface area contributed by atoms with E-state index >= 15 is 0 Å². The molecule has 2 aromatic heterocycles. The summed E-state index contributed by atoms with van der Waals surface area (Å²) in [6, 6.07) is 11.6. The molecule has 0 fully saturated rings. The highest BCUT2D eigenvalue weighted by atomic mass is 16.5. The Morgan fingerprint density at radius 3 is 2.58 bits per heavy atom. The van der Waals surface area contributed by atoms with Crippen LogP contribution in [0.1, 0.15) is 49.7 Å². The van der Waals surface area contributed by atoms with Crippen LogP contribution in [0, 0.1) is 0 Å². The monoisotopic (exact) mass is 452 g/mol. The van der Waals surface area contributed by atoms with E-state index in [1.807, 2.05) is 43.3 Å². The minimum absolute atomic E-state index is 0.0167. The zero-order valence-corrected chi connectivity index (χ0v) is 19.8. The lowest BCUT2D eigenvalue weighted by Gasteiger charge is -2.23. The molecule has 3 aromatic rings. The predicted molar refractivity (Wildman–Crippen MR) is 129 cm³/mol. The smallest absolute Gasteiger partial charge is 0.356 e. The number of methoxy groups -OCH3 is 1. The van der Waals surface area contributed by atoms with Gasteiger partial charge in [0.1, 0.15) is 5.65 Å². The van der Waals surface area contributed by atoms with Crippen LogP contribution in [0.5, 0.6) is 0 Å². The van der Waals surface area contributed by atoms with Gasteiger partial charge in [-0.25, -0.2) is 9.78 Å². The van der Waals surface area contributed by atoms with E-state index in [1.165, 1.54) is 7.11 Å². The number of esters is 1. The van der Waals surface area contributed by atoms with Crippen molar-refractivity contribution in [2.24, 2.45) is 7.05 Å². The van der Waals surface area contributed by atoms with Gasteiger partial charge in [0.05, 0.1) is 30.3 Å². The highest BCUT2D eigenvalue weighted by Gasteiger charge is 2.25. The zero-order chi connectivity index (χ0) is 24.2. The third kappa shape index (κ3) is 6.10. The third-order valence-electron chi connectivity index (χ3n) is 5.37. The molecule has 0 saturated heterocycles. The fourth-order valence-electron chi connectivity index (χ4n) is 4.04. The molecule has 0 saturated carbocycles. The lowest BCUT2D eigenvalue weighted by atomic mass is 10.0. The maximum Gasteiger partial charge on any atom is 0.356 e. The number of pyridine rings is 1. The Hall–Kier alpha value is -3.39. The van der Waals surface area contributed by atoms with Crippen LogP contribution in [-0.4, -0.2) is 45.3 Å². The van der Waals surface area contributed by atoms with Crippen LogP contribution >= 0.6 is 0 Å². The summed E-state index contributed by atoms with van der Waals surface area (Å²) in [6.45, 7) is 5.49. The van der Waals surface area contributed by atoms with Crippen LogP contribution in [0.15, 0.2) is 42.6 Å². The molecule has 8 nitrogen and oxygen atoms in total. The molecule has 176 valence electrons. The van der Waals surface area contributed by atoms with Crippen LogP contribution < -0.4 is 10.6 Å². The van der Waals surface area contributed by atoms with Crippen molar-refractivity contribution in [2.75, 3.05) is 17.7 Å². The van der Waals surface area contributed by atoms with Crippen molar-refractivity contribution >= 4 is 34.3 Å². The van der Waals surface area contributed by atoms with Gasteiger partial charge in [0.2, 0.25) is 5.91 Å². The Morgan fingerprint density at radius 2 is 1.94 bits per heavy atom. The van der Waals surface area contributed by atoms with E-state index in [0.29, 0.717) is 29.6 Å². The summed E-state index contributed by atoms with van der Waals surface area (Å²) in [5.41, 5.74) is 2.13. The molecular weight excluding hydrogens is 420 g/mol. The number of carbonyl (C=O) groups excluding carboxylic acids is 2. The number of aryl methyl sites for hydroxylation is 2. The lowest BCUT2D eigenvalue weighted by molar-refractivity contribution is -0.116. The number of aliphatic hydroxyl groups is 1. The molecule has 0 aliphatic rings. The van der Waals surface area contributed by atoms with E-state index in [-0.39, 0.29) is 24.1 Å². The summed E-state index contributed by atoms with van der Waals surface area (Å²) in [7, 11) is 3.02. The number of carbonyl (C=O) groups is 2. The molecule has 0 unspecified atom stereocenters. The Labute approximate surface area is 194 Å². The van der Waals surface area contributed by atoms with Crippen molar-refractivity contribution < 1.29 is 19.4 Å². The van der Waals surface area contributed by atoms with Gasteiger partial charge in [-0.3, -0.25) is 4.79 Å². The van der Waals surface area contributed by atoms with Gasteiger partial charge in [0.25, 0.3) is 0 Å². The fourth-order valence-corrected chi connectivity index (χ4v) is 4.04. The number of hydrogen-bond donors (Lipinski definition) is 3. The van der Waals surface area contributed by atoms with E-state index in [1.54, 1.807) is 31.7 Å². The van der Waals surface area contributed by atoms with E-state index in [4.69, 9.17) is 4.74 Å². The average Bonchev–Trinajstić information content (AvgIpc) is 3.02. The minimum Gasteiger partial charge on any atom is -0.464 e. The second kappa shape index (κ2) is 10.0. The zero-order valence-electron chi connectivity index (χ0n) is 19.8. The number of anilines is 2. The lowest BCUT2D eigenvalue weighted by Crippen LogP contribution is -2.29. The number of hydrogen-bond acceptors (Lipinski definition) is 6. The Balaban J connectivity index is 1.90. The van der Waals surface area contributed by atoms with Crippen molar-refractivity contribution in [2.45, 2.75) is 51.7 Å². The van der Waals surface area contributed by atoms with Crippen LogP contribution in [0.3, 0.4) is 0 Å². The molecule has 0 bridgehead atoms. The standard InChI is InChI=1S/C25H32N4O4/c1-16(14-25(2,3)32)27-18-13-19-21(22(24(31)33-5)29(4)23(19)26-15-18)28-20(30)12-11-17-9-7-6-8-10-17/h6-10,13,15-16,27,32H,11-12,14H2,1-5H3,(H,28,30)/t16-/m1/s1. The first kappa shape index (κ1) is 24.3. The molecule has 1 aromatic carbocycles. The second-order valence-corrected chi connectivity index (χ2v) is 8.97. The first-order valence-electron chi connectivity index (χ1n) is 11.0. The van der Waals surface area contributed by atoms with Crippen LogP contribution in [-0.2, 0) is 23.0 Å². The van der Waals surface area contributed by atoms with Gasteiger partial charge in [-0.2, -0.15) is 0 Å². The maximum atomic E-state index is 12.8. The molecule has 0 aliphatic heterocycles. The number of nitrogens with one attached hydrogen (secondary N) is 2. The van der Waals surface area contributed by atoms with Crippen LogP contribution in [0.25, 0.3) is 11.0 Å². The summed E-state index contributed by atoms with van der Waals surface area (Å²) in [6.07, 6.45) is 3.07. The Morgan fingerprint density at radius 1 is 1.24 bits per heavy atom. The predicted octanol–water partition coefficient (Wildman–Crippen LogP) is 3.89. The molecule has 8 heteroatoms. The first-order valence-corrected chi connectivity index (χ1v) is 11.0. The van der Waals surface area contributed by atoms with E-state index < -0.39 is 11.6 Å². The summed E-state index contributed by atoms with van der Waals surface area (Å²) < 4.78 is 6.59. The number of ether oxygens (including phenoxy) is 1. The maximum absolute atomic E-state index is 12.8. The summed E-state index contributed by atoms with van der Waals surface area (Å²) in [5.74, 6) is -0.760. The topological polar surface area (TPSA) is 105 Å². The molecule has 1 amide bonds. The van der Waals surface area contributed by atoms with Crippen LogP contribution in [0.4, 0.5) is 11.4 Å². The highest BCUT2D eigenvalue weighted by Crippen LogP contribution is 2.32. The quantitative estimate of drug-likeness (QED) is 0.426. The molecule has 3 N–H and O–H groups in total. The minimum atomic E-state index is -0.813. The van der Waals surface area contributed by atoms with Crippen molar-refractivity contribution in [1.29, 1.82) is 0 Å². The highest BCUT2D eigenvalue weighted by molar-refractivity contribution is 6.11. The Kier molecular flexibility index (Phi) is 7.38. The molecule has 0 radical (unpaired) electrons. The van der Waals surface area contributed by atoms with E-state index in [0.717, 1.165) is 11.3 Å². The molecule has 1 atom stereocenters. The molecular formula is C25H32N4O4. The number of aromatic nitrogens is 2. The molecule has 0 spiro atoms. The molecule has 3 rings (SSSR count). The number of fused-ring (bicyclic) bond motifs is 1. The SMILES string of the molecule is COC(=O)c1c(NC(=O)CCc2ccccc2)c2cc(N[C@H](C)CC(C)(C)O)cnc2n1C. The molecule has 0 aliphatic carbocycles. The first-order chi connectivity index (χ1) is 15.6. The van der Waals surface area contributed by atoms with Crippen molar-refractivity contribution in [3.05, 3.63) is 53.9 Å². The van der Waals surface area contributed by atoms with Gasteiger partial charge in [-0.1, -0.05) is 30.3 Å². The fraction of sp³-hybridized carbons (Fsp3) is 0.400. The van der Waals surface area contributed by atoms with Crippen molar-refractivity contribution in [3.8, 4) is 0 Å². The van der Waals surface area contributed by atoms with Gasteiger partial charge in [0.15, 0.2) is 5.69 Å². The number of benzene rings is 1. The van der Waals surface area contributed by atoms with Crippen LogP contribution in [0.2, 0.25) is 0 Å². The summed E-state index contributed by atoms with van der Waals surface area (Å²) in [5, 5.41) is 17.0. The summed E-state index contributed by atoms with van der Waals surface area (Å²) in [4.78, 5) is 29.8. The number of amides is 1. The third-order valence-corrected chi connectivity index (χ3v) is 5.37. The largest absolute Gasteiger partial charge is 0.464 e. The van der Waals surface area contributed by atoms with E-state index in [9.17, 15) is 14.7 Å². The van der Waals surface area contributed by atoms with Gasteiger partial charge in [0, 0.05) is 24.9 Å². The second-order valence-electron chi connectivity index (χ2n) is 8.97. The number of nitrogens with zero attached hydrogens (tertiary/aromatic N) is 2. The van der Waals surface area contributed by atoms with Gasteiger partial charge in [-0.05, 0) is 45.2 Å². The molecule has 33 heavy (non-hydrogen) atoms. The van der Waals surface area contributed by atoms with Crippen molar-refractivity contribution in [1.82, 2.24) is 9.55 Å². The average molecular weight is 453 g/mol. The molecule has 2 heterocycles.